The van der Waals surface area contributed by atoms with E-state index in [0.717, 1.165) is 31.6 Å². The van der Waals surface area contributed by atoms with Gasteiger partial charge in [-0.2, -0.15) is 0 Å². The summed E-state index contributed by atoms with van der Waals surface area (Å²) in [6.07, 6.45) is 5.10. The van der Waals surface area contributed by atoms with E-state index < -0.39 is 0 Å². The number of ether oxygens (including phenoxy) is 2. The van der Waals surface area contributed by atoms with E-state index in [2.05, 4.69) is 15.2 Å². The fraction of sp³-hybridized carbons (Fsp3) is 0.625. The molecule has 1 spiro atoms. The summed E-state index contributed by atoms with van der Waals surface area (Å²) in [5.41, 5.74) is 1.57. The third kappa shape index (κ3) is 3.23. The highest BCUT2D eigenvalue weighted by atomic mass is 16.7. The minimum absolute atomic E-state index is 0.0831. The van der Waals surface area contributed by atoms with E-state index in [1.807, 2.05) is 19.9 Å². The summed E-state index contributed by atoms with van der Waals surface area (Å²) in [6.45, 7) is 6.95. The molecule has 2 aliphatic rings. The normalized spacial score (nSPS) is 20.6. The van der Waals surface area contributed by atoms with Gasteiger partial charge in [0, 0.05) is 38.2 Å². The second-order valence-electron chi connectivity index (χ2n) is 6.15. The molecule has 3 heterocycles. The molecule has 0 aromatic carbocycles. The van der Waals surface area contributed by atoms with Crippen molar-refractivity contribution in [3.8, 4) is 0 Å². The lowest BCUT2D eigenvalue weighted by atomic mass is 10.0. The Kier molecular flexibility index (Phi) is 4.31. The van der Waals surface area contributed by atoms with E-state index >= 15 is 0 Å². The third-order valence-corrected chi connectivity index (χ3v) is 4.11. The van der Waals surface area contributed by atoms with Crippen LogP contribution in [0.4, 0.5) is 5.69 Å². The van der Waals surface area contributed by atoms with Crippen LogP contribution in [-0.2, 0) is 9.47 Å². The zero-order valence-corrected chi connectivity index (χ0v) is 13.2. The maximum atomic E-state index is 12.1. The second-order valence-corrected chi connectivity index (χ2v) is 6.15. The van der Waals surface area contributed by atoms with Gasteiger partial charge in [0.25, 0.3) is 5.91 Å². The van der Waals surface area contributed by atoms with Crippen molar-refractivity contribution in [1.82, 2.24) is 10.3 Å². The average molecular weight is 305 g/mol. The van der Waals surface area contributed by atoms with Crippen LogP contribution in [0.15, 0.2) is 18.5 Å². The van der Waals surface area contributed by atoms with Crippen LogP contribution in [0.2, 0.25) is 0 Å². The van der Waals surface area contributed by atoms with E-state index in [1.165, 1.54) is 0 Å². The highest BCUT2D eigenvalue weighted by Gasteiger charge is 2.39. The molecule has 3 rings (SSSR count). The topological polar surface area (TPSA) is 63.7 Å². The van der Waals surface area contributed by atoms with Gasteiger partial charge in [-0.05, 0) is 19.9 Å². The molecule has 1 aromatic rings. The molecular formula is C16H23N3O3. The summed E-state index contributed by atoms with van der Waals surface area (Å²) in [5.74, 6) is -0.461. The lowest BCUT2D eigenvalue weighted by molar-refractivity contribution is -0.169. The first-order valence-corrected chi connectivity index (χ1v) is 7.87. The van der Waals surface area contributed by atoms with E-state index in [4.69, 9.17) is 9.47 Å². The lowest BCUT2D eigenvalue weighted by Crippen LogP contribution is -2.45. The van der Waals surface area contributed by atoms with Gasteiger partial charge in [0.2, 0.25) is 0 Å². The number of nitrogens with zero attached hydrogens (tertiary/aromatic N) is 2. The van der Waals surface area contributed by atoms with Crippen LogP contribution in [0.25, 0.3) is 0 Å². The molecule has 0 aliphatic carbocycles. The predicted molar refractivity (Wildman–Crippen MR) is 82.9 cm³/mol. The molecule has 0 bridgehead atoms. The molecule has 2 fully saturated rings. The number of anilines is 1. The first-order valence-electron chi connectivity index (χ1n) is 7.87. The molecule has 1 N–H and O–H groups in total. The Hall–Kier alpha value is -1.66. The van der Waals surface area contributed by atoms with Crippen molar-refractivity contribution in [1.29, 1.82) is 0 Å². The zero-order chi connectivity index (χ0) is 15.6. The molecule has 0 atom stereocenters. The molecule has 1 aromatic heterocycles. The molecule has 0 saturated carbocycles. The molecule has 1 amide bonds. The SMILES string of the molecule is CC(C)NC(=O)c1cncc(N2CCC3(CC2)OCCO3)c1. The molecule has 22 heavy (non-hydrogen) atoms. The first-order chi connectivity index (χ1) is 10.6. The Morgan fingerprint density at radius 3 is 2.59 bits per heavy atom. The van der Waals surface area contributed by atoms with E-state index in [-0.39, 0.29) is 17.7 Å². The van der Waals surface area contributed by atoms with Gasteiger partial charge < -0.3 is 19.7 Å². The number of piperidine rings is 1. The number of aromatic nitrogens is 1. The van der Waals surface area contributed by atoms with Crippen LogP contribution in [-0.4, -0.2) is 49.0 Å². The van der Waals surface area contributed by atoms with Gasteiger partial charge in [0.05, 0.1) is 30.7 Å². The van der Waals surface area contributed by atoms with Crippen molar-refractivity contribution in [2.45, 2.75) is 38.5 Å². The number of amides is 1. The average Bonchev–Trinajstić information content (AvgIpc) is 2.96. The lowest BCUT2D eigenvalue weighted by Gasteiger charge is -2.38. The summed E-state index contributed by atoms with van der Waals surface area (Å²) < 4.78 is 11.5. The number of nitrogens with one attached hydrogen (secondary N) is 1. The monoisotopic (exact) mass is 305 g/mol. The number of hydrogen-bond donors (Lipinski definition) is 1. The van der Waals surface area contributed by atoms with Crippen LogP contribution < -0.4 is 10.2 Å². The first kappa shape index (κ1) is 15.2. The Balaban J connectivity index is 1.67. The van der Waals surface area contributed by atoms with Crippen molar-refractivity contribution in [3.05, 3.63) is 24.0 Å². The van der Waals surface area contributed by atoms with E-state index in [0.29, 0.717) is 18.8 Å². The van der Waals surface area contributed by atoms with Crippen LogP contribution >= 0.6 is 0 Å². The van der Waals surface area contributed by atoms with Crippen LogP contribution in [0.3, 0.4) is 0 Å². The molecule has 2 saturated heterocycles. The number of rotatable bonds is 3. The minimum atomic E-state index is -0.378. The van der Waals surface area contributed by atoms with Crippen LogP contribution in [0.5, 0.6) is 0 Å². The van der Waals surface area contributed by atoms with Crippen molar-refractivity contribution < 1.29 is 14.3 Å². The van der Waals surface area contributed by atoms with Gasteiger partial charge in [-0.25, -0.2) is 0 Å². The Labute approximate surface area is 130 Å². The minimum Gasteiger partial charge on any atom is -0.370 e. The Morgan fingerprint density at radius 1 is 1.27 bits per heavy atom. The molecule has 6 heteroatoms. The molecular weight excluding hydrogens is 282 g/mol. The van der Waals surface area contributed by atoms with Gasteiger partial charge in [-0.3, -0.25) is 9.78 Å². The second kappa shape index (κ2) is 6.22. The Morgan fingerprint density at radius 2 is 1.95 bits per heavy atom. The van der Waals surface area contributed by atoms with Crippen molar-refractivity contribution in [2.24, 2.45) is 0 Å². The maximum Gasteiger partial charge on any atom is 0.253 e. The van der Waals surface area contributed by atoms with E-state index in [1.54, 1.807) is 12.4 Å². The maximum absolute atomic E-state index is 12.1. The van der Waals surface area contributed by atoms with Crippen molar-refractivity contribution in [2.75, 3.05) is 31.2 Å². The molecule has 0 unspecified atom stereocenters. The smallest absolute Gasteiger partial charge is 0.253 e. The Bertz CT molecular complexity index is 531. The highest BCUT2D eigenvalue weighted by Crippen LogP contribution is 2.33. The summed E-state index contributed by atoms with van der Waals surface area (Å²) >= 11 is 0. The largest absolute Gasteiger partial charge is 0.370 e. The number of pyridine rings is 1. The molecule has 120 valence electrons. The van der Waals surface area contributed by atoms with Gasteiger partial charge >= 0.3 is 0 Å². The van der Waals surface area contributed by atoms with Gasteiger partial charge in [0.15, 0.2) is 5.79 Å². The van der Waals surface area contributed by atoms with Crippen molar-refractivity contribution >= 4 is 11.6 Å². The number of carbonyl (C=O) groups is 1. The number of hydrogen-bond acceptors (Lipinski definition) is 5. The van der Waals surface area contributed by atoms with Gasteiger partial charge in [-0.1, -0.05) is 0 Å². The molecule has 0 radical (unpaired) electrons. The number of carbonyl (C=O) groups excluding carboxylic acids is 1. The summed E-state index contributed by atoms with van der Waals surface area (Å²) in [4.78, 5) is 18.5. The quantitative estimate of drug-likeness (QED) is 0.918. The highest BCUT2D eigenvalue weighted by molar-refractivity contribution is 5.94. The zero-order valence-electron chi connectivity index (χ0n) is 13.2. The van der Waals surface area contributed by atoms with E-state index in [9.17, 15) is 4.79 Å². The van der Waals surface area contributed by atoms with Crippen LogP contribution in [0.1, 0.15) is 37.0 Å². The molecule has 2 aliphatic heterocycles. The van der Waals surface area contributed by atoms with Gasteiger partial charge in [0.1, 0.15) is 0 Å². The van der Waals surface area contributed by atoms with Crippen LogP contribution in [0, 0.1) is 0 Å². The third-order valence-electron chi connectivity index (χ3n) is 4.11. The van der Waals surface area contributed by atoms with Gasteiger partial charge in [-0.15, -0.1) is 0 Å². The fourth-order valence-electron chi connectivity index (χ4n) is 2.96. The standard InChI is InChI=1S/C16H23N3O3/c1-12(2)18-15(20)13-9-14(11-17-10-13)19-5-3-16(4-6-19)21-7-8-22-16/h9-12H,3-8H2,1-2H3,(H,18,20). The predicted octanol–water partition coefficient (Wildman–Crippen LogP) is 1.56. The summed E-state index contributed by atoms with van der Waals surface area (Å²) in [5, 5.41) is 2.89. The van der Waals surface area contributed by atoms with Crippen molar-refractivity contribution in [3.63, 3.8) is 0 Å². The summed E-state index contributed by atoms with van der Waals surface area (Å²) in [6, 6.07) is 2.02. The summed E-state index contributed by atoms with van der Waals surface area (Å²) in [7, 11) is 0. The fourth-order valence-corrected chi connectivity index (χ4v) is 2.96. The molecule has 6 nitrogen and oxygen atoms in total.